The van der Waals surface area contributed by atoms with Crippen molar-refractivity contribution < 1.29 is 9.47 Å². The van der Waals surface area contributed by atoms with Crippen molar-refractivity contribution in [3.8, 4) is 5.75 Å². The molecule has 0 amide bonds. The van der Waals surface area contributed by atoms with E-state index in [0.717, 1.165) is 25.3 Å². The first-order valence-electron chi connectivity index (χ1n) is 7.81. The van der Waals surface area contributed by atoms with Gasteiger partial charge in [0.15, 0.2) is 0 Å². The summed E-state index contributed by atoms with van der Waals surface area (Å²) < 4.78 is 11.7. The summed E-state index contributed by atoms with van der Waals surface area (Å²) in [4.78, 5) is 0. The lowest BCUT2D eigenvalue weighted by atomic mass is 9.98. The van der Waals surface area contributed by atoms with Crippen molar-refractivity contribution in [1.29, 1.82) is 0 Å². The van der Waals surface area contributed by atoms with Gasteiger partial charge in [-0.2, -0.15) is 0 Å². The maximum absolute atomic E-state index is 5.96. The van der Waals surface area contributed by atoms with Crippen LogP contribution in [0.15, 0.2) is 24.3 Å². The second-order valence-electron chi connectivity index (χ2n) is 5.69. The first-order valence-corrected chi connectivity index (χ1v) is 7.81. The average molecular weight is 277 g/mol. The zero-order chi connectivity index (χ0) is 14.4. The van der Waals surface area contributed by atoms with Crippen LogP contribution in [-0.4, -0.2) is 25.4 Å². The van der Waals surface area contributed by atoms with Gasteiger partial charge in [0.05, 0.1) is 12.2 Å². The first kappa shape index (κ1) is 15.3. The van der Waals surface area contributed by atoms with Crippen molar-refractivity contribution >= 4 is 0 Å². The number of ether oxygens (including phenoxy) is 2. The molecule has 1 fully saturated rings. The SMILES string of the molecule is CCNC(CC1CCCO1)c1ccccc1OC(C)C. The third kappa shape index (κ3) is 4.22. The molecule has 0 saturated carbocycles. The van der Waals surface area contributed by atoms with Crippen LogP contribution in [-0.2, 0) is 4.74 Å². The van der Waals surface area contributed by atoms with Crippen LogP contribution in [0.2, 0.25) is 0 Å². The van der Waals surface area contributed by atoms with Gasteiger partial charge in [0.25, 0.3) is 0 Å². The Morgan fingerprint density at radius 3 is 2.80 bits per heavy atom. The van der Waals surface area contributed by atoms with Crippen LogP contribution in [0.4, 0.5) is 0 Å². The number of para-hydroxylation sites is 1. The van der Waals surface area contributed by atoms with E-state index in [-0.39, 0.29) is 6.10 Å². The largest absolute Gasteiger partial charge is 0.491 e. The fraction of sp³-hybridized carbons (Fsp3) is 0.647. The molecule has 3 heteroatoms. The first-order chi connectivity index (χ1) is 9.70. The van der Waals surface area contributed by atoms with E-state index in [9.17, 15) is 0 Å². The van der Waals surface area contributed by atoms with Crippen molar-refractivity contribution in [2.75, 3.05) is 13.2 Å². The van der Waals surface area contributed by atoms with Gasteiger partial charge in [0.1, 0.15) is 5.75 Å². The lowest BCUT2D eigenvalue weighted by Gasteiger charge is -2.24. The molecule has 1 aromatic carbocycles. The fourth-order valence-electron chi connectivity index (χ4n) is 2.79. The number of hydrogen-bond donors (Lipinski definition) is 1. The summed E-state index contributed by atoms with van der Waals surface area (Å²) in [6.07, 6.45) is 3.96. The highest BCUT2D eigenvalue weighted by Gasteiger charge is 2.23. The molecule has 3 nitrogen and oxygen atoms in total. The Hall–Kier alpha value is -1.06. The smallest absolute Gasteiger partial charge is 0.124 e. The van der Waals surface area contributed by atoms with Crippen molar-refractivity contribution in [1.82, 2.24) is 5.32 Å². The van der Waals surface area contributed by atoms with E-state index in [1.165, 1.54) is 18.4 Å². The third-order valence-electron chi connectivity index (χ3n) is 3.63. The van der Waals surface area contributed by atoms with E-state index < -0.39 is 0 Å². The Balaban J connectivity index is 2.14. The minimum Gasteiger partial charge on any atom is -0.491 e. The highest BCUT2D eigenvalue weighted by molar-refractivity contribution is 5.36. The number of hydrogen-bond acceptors (Lipinski definition) is 3. The van der Waals surface area contributed by atoms with Crippen LogP contribution >= 0.6 is 0 Å². The second-order valence-corrected chi connectivity index (χ2v) is 5.69. The summed E-state index contributed by atoms with van der Waals surface area (Å²) in [5.74, 6) is 0.992. The fourth-order valence-corrected chi connectivity index (χ4v) is 2.79. The van der Waals surface area contributed by atoms with Crippen LogP contribution in [0.5, 0.6) is 5.75 Å². The van der Waals surface area contributed by atoms with Crippen LogP contribution in [0.25, 0.3) is 0 Å². The Kier molecular flexibility index (Phi) is 5.86. The van der Waals surface area contributed by atoms with E-state index in [1.807, 2.05) is 6.07 Å². The zero-order valence-electron chi connectivity index (χ0n) is 12.9. The highest BCUT2D eigenvalue weighted by Crippen LogP contribution is 2.31. The molecule has 0 spiro atoms. The minimum absolute atomic E-state index is 0.196. The van der Waals surface area contributed by atoms with Crippen molar-refractivity contribution in [2.24, 2.45) is 0 Å². The molecule has 1 aliphatic heterocycles. The third-order valence-corrected chi connectivity index (χ3v) is 3.63. The predicted octanol–water partition coefficient (Wildman–Crippen LogP) is 3.69. The molecule has 1 aliphatic rings. The van der Waals surface area contributed by atoms with Crippen LogP contribution in [0.1, 0.15) is 51.6 Å². The van der Waals surface area contributed by atoms with E-state index >= 15 is 0 Å². The van der Waals surface area contributed by atoms with Gasteiger partial charge in [-0.05, 0) is 45.7 Å². The van der Waals surface area contributed by atoms with Crippen molar-refractivity contribution in [3.05, 3.63) is 29.8 Å². The summed E-state index contributed by atoms with van der Waals surface area (Å²) in [5.41, 5.74) is 1.25. The Morgan fingerprint density at radius 1 is 1.35 bits per heavy atom. The maximum Gasteiger partial charge on any atom is 0.124 e. The van der Waals surface area contributed by atoms with Crippen LogP contribution in [0.3, 0.4) is 0 Å². The van der Waals surface area contributed by atoms with Gasteiger partial charge in [-0.3, -0.25) is 0 Å². The molecule has 20 heavy (non-hydrogen) atoms. The summed E-state index contributed by atoms with van der Waals surface area (Å²) in [6.45, 7) is 8.15. The molecule has 1 saturated heterocycles. The summed E-state index contributed by atoms with van der Waals surface area (Å²) in [6, 6.07) is 8.66. The molecule has 0 aliphatic carbocycles. The Labute approximate surface area is 122 Å². The molecule has 1 heterocycles. The predicted molar refractivity (Wildman–Crippen MR) is 82.2 cm³/mol. The monoisotopic (exact) mass is 277 g/mol. The van der Waals surface area contributed by atoms with Crippen molar-refractivity contribution in [2.45, 2.75) is 58.3 Å². The summed E-state index contributed by atoms with van der Waals surface area (Å²) >= 11 is 0. The molecule has 0 aromatic heterocycles. The molecule has 2 atom stereocenters. The molecule has 2 unspecified atom stereocenters. The minimum atomic E-state index is 0.196. The molecule has 2 rings (SSSR count). The van der Waals surface area contributed by atoms with Gasteiger partial charge in [0, 0.05) is 18.2 Å². The molecular weight excluding hydrogens is 250 g/mol. The standard InChI is InChI=1S/C17H27NO2/c1-4-18-16(12-14-8-7-11-19-14)15-9-5-6-10-17(15)20-13(2)3/h5-6,9-10,13-14,16,18H,4,7-8,11-12H2,1-3H3. The molecule has 0 bridgehead atoms. The van der Waals surface area contributed by atoms with Gasteiger partial charge >= 0.3 is 0 Å². The van der Waals surface area contributed by atoms with E-state index in [1.54, 1.807) is 0 Å². The zero-order valence-corrected chi connectivity index (χ0v) is 12.9. The lowest BCUT2D eigenvalue weighted by molar-refractivity contribution is 0.0942. The lowest BCUT2D eigenvalue weighted by Crippen LogP contribution is -2.26. The topological polar surface area (TPSA) is 30.5 Å². The van der Waals surface area contributed by atoms with Gasteiger partial charge in [-0.15, -0.1) is 0 Å². The number of benzene rings is 1. The summed E-state index contributed by atoms with van der Waals surface area (Å²) in [5, 5.41) is 3.58. The quantitative estimate of drug-likeness (QED) is 0.824. The summed E-state index contributed by atoms with van der Waals surface area (Å²) in [7, 11) is 0. The van der Waals surface area contributed by atoms with Gasteiger partial charge in [-0.25, -0.2) is 0 Å². The molecule has 0 radical (unpaired) electrons. The van der Waals surface area contributed by atoms with E-state index in [2.05, 4.69) is 44.3 Å². The van der Waals surface area contributed by atoms with Gasteiger partial charge in [0.2, 0.25) is 0 Å². The van der Waals surface area contributed by atoms with Gasteiger partial charge in [-0.1, -0.05) is 25.1 Å². The normalized spacial score (nSPS) is 20.3. The van der Waals surface area contributed by atoms with E-state index in [4.69, 9.17) is 9.47 Å². The average Bonchev–Trinajstić information content (AvgIpc) is 2.91. The maximum atomic E-state index is 5.96. The van der Waals surface area contributed by atoms with Crippen LogP contribution < -0.4 is 10.1 Å². The molecule has 1 N–H and O–H groups in total. The van der Waals surface area contributed by atoms with Crippen molar-refractivity contribution in [3.63, 3.8) is 0 Å². The van der Waals surface area contributed by atoms with Crippen LogP contribution in [0, 0.1) is 0 Å². The number of rotatable bonds is 7. The van der Waals surface area contributed by atoms with Gasteiger partial charge < -0.3 is 14.8 Å². The second kappa shape index (κ2) is 7.65. The molecule has 1 aromatic rings. The Bertz CT molecular complexity index is 400. The molecular formula is C17H27NO2. The number of nitrogens with one attached hydrogen (secondary N) is 1. The Morgan fingerprint density at radius 2 is 2.15 bits per heavy atom. The highest BCUT2D eigenvalue weighted by atomic mass is 16.5. The van der Waals surface area contributed by atoms with E-state index in [0.29, 0.717) is 12.1 Å². The molecule has 112 valence electrons.